The van der Waals surface area contributed by atoms with Crippen LogP contribution in [0.1, 0.15) is 32.1 Å². The number of benzene rings is 1. The van der Waals surface area contributed by atoms with Gasteiger partial charge < -0.3 is 4.98 Å². The van der Waals surface area contributed by atoms with E-state index >= 15 is 0 Å². The van der Waals surface area contributed by atoms with Crippen LogP contribution in [-0.4, -0.2) is 10.2 Å². The van der Waals surface area contributed by atoms with Crippen LogP contribution in [0.4, 0.5) is 0 Å². The molecule has 0 atom stereocenters. The maximum absolute atomic E-state index is 12.0. The van der Waals surface area contributed by atoms with E-state index in [0.717, 1.165) is 15.8 Å². The first-order valence-electron chi connectivity index (χ1n) is 6.62. The number of fused-ring (bicyclic) bond motifs is 1. The number of hydrogen-bond acceptors (Lipinski definition) is 2. The van der Waals surface area contributed by atoms with Crippen LogP contribution in [-0.2, 0) is 0 Å². The summed E-state index contributed by atoms with van der Waals surface area (Å²) in [5.41, 5.74) is 0.986. The number of H-pyrrole nitrogens is 1. The highest BCUT2D eigenvalue weighted by Crippen LogP contribution is 2.32. The normalized spacial score (nSPS) is 17.1. The van der Waals surface area contributed by atoms with Gasteiger partial charge in [-0.1, -0.05) is 37.5 Å². The minimum Gasteiger partial charge on any atom is -0.321 e. The highest BCUT2D eigenvalue weighted by molar-refractivity contribution is 8.00. The fourth-order valence-corrected chi connectivity index (χ4v) is 3.86. The van der Waals surface area contributed by atoms with Crippen molar-refractivity contribution in [3.63, 3.8) is 0 Å². The molecule has 1 aromatic heterocycles. The maximum atomic E-state index is 12.0. The van der Waals surface area contributed by atoms with E-state index in [1.165, 1.54) is 32.1 Å². The molecule has 1 heterocycles. The summed E-state index contributed by atoms with van der Waals surface area (Å²) in [5.74, 6) is 0. The van der Waals surface area contributed by atoms with Gasteiger partial charge in [0.25, 0.3) is 5.56 Å². The number of hydrogen-bond donors (Lipinski definition) is 1. The molecular formula is C15H17NOS. The number of aromatic nitrogens is 1. The third-order valence-electron chi connectivity index (χ3n) is 3.57. The molecule has 1 aliphatic rings. The summed E-state index contributed by atoms with van der Waals surface area (Å²) in [7, 11) is 0. The Balaban J connectivity index is 1.91. The molecule has 0 saturated heterocycles. The van der Waals surface area contributed by atoms with Gasteiger partial charge in [0.1, 0.15) is 0 Å². The second-order valence-electron chi connectivity index (χ2n) is 4.93. The summed E-state index contributed by atoms with van der Waals surface area (Å²) in [5, 5.41) is 1.75. The SMILES string of the molecule is O=c1[nH]c2ccccc2cc1SC1CCCCC1. The summed E-state index contributed by atoms with van der Waals surface area (Å²) in [4.78, 5) is 15.9. The smallest absolute Gasteiger partial charge is 0.262 e. The minimum atomic E-state index is 0.0595. The lowest BCUT2D eigenvalue weighted by molar-refractivity contribution is 0.516. The largest absolute Gasteiger partial charge is 0.321 e. The third-order valence-corrected chi connectivity index (χ3v) is 4.93. The van der Waals surface area contributed by atoms with Crippen LogP contribution in [0.3, 0.4) is 0 Å². The predicted molar refractivity (Wildman–Crippen MR) is 77.3 cm³/mol. The van der Waals surface area contributed by atoms with Gasteiger partial charge in [0.2, 0.25) is 0 Å². The molecular weight excluding hydrogens is 242 g/mol. The topological polar surface area (TPSA) is 32.9 Å². The molecule has 0 spiro atoms. The zero-order chi connectivity index (χ0) is 12.4. The van der Waals surface area contributed by atoms with E-state index in [4.69, 9.17) is 0 Å². The lowest BCUT2D eigenvalue weighted by atomic mass is 10.0. The van der Waals surface area contributed by atoms with Crippen molar-refractivity contribution in [2.75, 3.05) is 0 Å². The molecule has 1 aromatic carbocycles. The third kappa shape index (κ3) is 2.46. The molecule has 94 valence electrons. The molecule has 3 heteroatoms. The van der Waals surface area contributed by atoms with E-state index in [-0.39, 0.29) is 5.56 Å². The molecule has 1 aliphatic carbocycles. The Morgan fingerprint density at radius 2 is 1.89 bits per heavy atom. The molecule has 1 saturated carbocycles. The van der Waals surface area contributed by atoms with Gasteiger partial charge in [0.05, 0.1) is 4.90 Å². The van der Waals surface area contributed by atoms with Gasteiger partial charge in [-0.3, -0.25) is 4.79 Å². The van der Waals surface area contributed by atoms with Crippen LogP contribution >= 0.6 is 11.8 Å². The Bertz CT molecular complexity index is 599. The van der Waals surface area contributed by atoms with Crippen LogP contribution in [0.2, 0.25) is 0 Å². The molecule has 3 rings (SSSR count). The van der Waals surface area contributed by atoms with Crippen LogP contribution in [0.5, 0.6) is 0 Å². The quantitative estimate of drug-likeness (QED) is 0.885. The van der Waals surface area contributed by atoms with Crippen LogP contribution < -0.4 is 5.56 Å². The average molecular weight is 259 g/mol. The Kier molecular flexibility index (Phi) is 3.41. The fourth-order valence-electron chi connectivity index (χ4n) is 2.58. The molecule has 0 aliphatic heterocycles. The zero-order valence-electron chi connectivity index (χ0n) is 10.3. The van der Waals surface area contributed by atoms with Crippen molar-refractivity contribution in [3.8, 4) is 0 Å². The summed E-state index contributed by atoms with van der Waals surface area (Å²) in [6, 6.07) is 10.00. The van der Waals surface area contributed by atoms with Crippen LogP contribution in [0.25, 0.3) is 10.9 Å². The van der Waals surface area contributed by atoms with Gasteiger partial charge in [0, 0.05) is 10.8 Å². The molecule has 0 radical (unpaired) electrons. The van der Waals surface area contributed by atoms with Crippen LogP contribution in [0, 0.1) is 0 Å². The Morgan fingerprint density at radius 1 is 1.11 bits per heavy atom. The van der Waals surface area contributed by atoms with Crippen molar-refractivity contribution in [3.05, 3.63) is 40.7 Å². The first-order chi connectivity index (χ1) is 8.83. The molecule has 0 amide bonds. The summed E-state index contributed by atoms with van der Waals surface area (Å²) in [6.45, 7) is 0. The second kappa shape index (κ2) is 5.19. The van der Waals surface area contributed by atoms with Crippen LogP contribution in [0.15, 0.2) is 40.0 Å². The molecule has 2 aromatic rings. The van der Waals surface area contributed by atoms with Crippen molar-refractivity contribution in [1.82, 2.24) is 4.98 Å². The second-order valence-corrected chi connectivity index (χ2v) is 6.27. The maximum Gasteiger partial charge on any atom is 0.262 e. The highest BCUT2D eigenvalue weighted by Gasteiger charge is 2.16. The van der Waals surface area contributed by atoms with E-state index in [1.54, 1.807) is 11.8 Å². The van der Waals surface area contributed by atoms with Crippen molar-refractivity contribution in [1.29, 1.82) is 0 Å². The van der Waals surface area contributed by atoms with Crippen molar-refractivity contribution < 1.29 is 0 Å². The molecule has 0 bridgehead atoms. The van der Waals surface area contributed by atoms with Gasteiger partial charge in [0.15, 0.2) is 0 Å². The predicted octanol–water partition coefficient (Wildman–Crippen LogP) is 3.95. The average Bonchev–Trinajstić information content (AvgIpc) is 2.41. The van der Waals surface area contributed by atoms with Crippen molar-refractivity contribution in [2.45, 2.75) is 42.2 Å². The number of rotatable bonds is 2. The van der Waals surface area contributed by atoms with Gasteiger partial charge in [-0.05, 0) is 30.4 Å². The number of thioether (sulfide) groups is 1. The molecule has 2 nitrogen and oxygen atoms in total. The zero-order valence-corrected chi connectivity index (χ0v) is 11.1. The lowest BCUT2D eigenvalue weighted by Gasteiger charge is -2.20. The molecule has 1 N–H and O–H groups in total. The van der Waals surface area contributed by atoms with E-state index < -0.39 is 0 Å². The number of aromatic amines is 1. The number of nitrogens with one attached hydrogen (secondary N) is 1. The lowest BCUT2D eigenvalue weighted by Crippen LogP contribution is -2.13. The minimum absolute atomic E-state index is 0.0595. The van der Waals surface area contributed by atoms with Crippen molar-refractivity contribution in [2.24, 2.45) is 0 Å². The first kappa shape index (κ1) is 11.8. The molecule has 0 unspecified atom stereocenters. The van der Waals surface area contributed by atoms with E-state index in [2.05, 4.69) is 11.1 Å². The fraction of sp³-hybridized carbons (Fsp3) is 0.400. The number of pyridine rings is 1. The van der Waals surface area contributed by atoms with Gasteiger partial charge >= 0.3 is 0 Å². The van der Waals surface area contributed by atoms with Gasteiger partial charge in [-0.2, -0.15) is 0 Å². The summed E-state index contributed by atoms with van der Waals surface area (Å²) in [6.07, 6.45) is 6.46. The highest BCUT2D eigenvalue weighted by atomic mass is 32.2. The standard InChI is InChI=1S/C15H17NOS/c17-15-14(18-12-7-2-1-3-8-12)10-11-6-4-5-9-13(11)16-15/h4-6,9-10,12H,1-3,7-8H2,(H,16,17). The first-order valence-corrected chi connectivity index (χ1v) is 7.49. The van der Waals surface area contributed by atoms with Crippen molar-refractivity contribution >= 4 is 22.7 Å². The molecule has 18 heavy (non-hydrogen) atoms. The Morgan fingerprint density at radius 3 is 2.72 bits per heavy atom. The van der Waals surface area contributed by atoms with E-state index in [9.17, 15) is 4.79 Å². The summed E-state index contributed by atoms with van der Waals surface area (Å²) < 4.78 is 0. The van der Waals surface area contributed by atoms with E-state index in [1.807, 2.05) is 24.3 Å². The Hall–Kier alpha value is -1.22. The number of para-hydroxylation sites is 1. The van der Waals surface area contributed by atoms with E-state index in [0.29, 0.717) is 5.25 Å². The Labute approximate surface area is 111 Å². The van der Waals surface area contributed by atoms with Gasteiger partial charge in [-0.15, -0.1) is 11.8 Å². The van der Waals surface area contributed by atoms with Gasteiger partial charge in [-0.25, -0.2) is 0 Å². The molecule has 1 fully saturated rings. The summed E-state index contributed by atoms with van der Waals surface area (Å²) >= 11 is 1.76. The monoisotopic (exact) mass is 259 g/mol.